The Balaban J connectivity index is 1.69. The summed E-state index contributed by atoms with van der Waals surface area (Å²) in [7, 11) is 1.85. The van der Waals surface area contributed by atoms with Crippen LogP contribution < -0.4 is 4.90 Å². The summed E-state index contributed by atoms with van der Waals surface area (Å²) in [6.45, 7) is 6.64. The van der Waals surface area contributed by atoms with Crippen molar-refractivity contribution in [1.29, 1.82) is 0 Å². The maximum absolute atomic E-state index is 11.9. The molecule has 0 saturated carbocycles. The number of aryl methyl sites for hydroxylation is 2. The molecule has 0 bridgehead atoms. The Morgan fingerprint density at radius 3 is 2.59 bits per heavy atom. The van der Waals surface area contributed by atoms with Gasteiger partial charge in [0.05, 0.1) is 5.69 Å². The standard InChI is InChI=1S/C20H29N5O2/c1-14-17(15(2)23-22-14)9-12-24(3)19(20(26)27)16-7-8-18(21-13-16)25-10-5-4-6-11-25/h7-8,13,19H,4-6,9-12H2,1-3H3,(H,22,23)(H,26,27). The van der Waals surface area contributed by atoms with Crippen molar-refractivity contribution in [3.05, 3.63) is 40.8 Å². The van der Waals surface area contributed by atoms with Gasteiger partial charge in [-0.25, -0.2) is 4.98 Å². The molecule has 1 aliphatic heterocycles. The highest BCUT2D eigenvalue weighted by atomic mass is 16.4. The Morgan fingerprint density at radius 1 is 1.30 bits per heavy atom. The van der Waals surface area contributed by atoms with Crippen LogP contribution in [0.2, 0.25) is 0 Å². The van der Waals surface area contributed by atoms with Crippen LogP contribution in [0, 0.1) is 13.8 Å². The number of nitrogens with zero attached hydrogens (tertiary/aromatic N) is 4. The van der Waals surface area contributed by atoms with Crippen molar-refractivity contribution in [3.63, 3.8) is 0 Å². The summed E-state index contributed by atoms with van der Waals surface area (Å²) in [5.41, 5.74) is 3.89. The van der Waals surface area contributed by atoms with E-state index in [1.165, 1.54) is 19.3 Å². The number of H-pyrrole nitrogens is 1. The molecule has 1 saturated heterocycles. The van der Waals surface area contributed by atoms with E-state index in [2.05, 4.69) is 20.1 Å². The molecule has 0 aromatic carbocycles. The van der Waals surface area contributed by atoms with Crippen LogP contribution in [0.3, 0.4) is 0 Å². The lowest BCUT2D eigenvalue weighted by Gasteiger charge is -2.28. The third-order valence-corrected chi connectivity index (χ3v) is 5.44. The summed E-state index contributed by atoms with van der Waals surface area (Å²) in [6.07, 6.45) is 6.13. The molecule has 0 spiro atoms. The van der Waals surface area contributed by atoms with Crippen LogP contribution in [-0.2, 0) is 11.2 Å². The Kier molecular flexibility index (Phi) is 6.11. The summed E-state index contributed by atoms with van der Waals surface area (Å²) < 4.78 is 0. The van der Waals surface area contributed by atoms with Gasteiger partial charge in [0.2, 0.25) is 0 Å². The van der Waals surface area contributed by atoms with Gasteiger partial charge in [-0.15, -0.1) is 0 Å². The van der Waals surface area contributed by atoms with Crippen molar-refractivity contribution in [2.45, 2.75) is 45.6 Å². The van der Waals surface area contributed by atoms with E-state index in [-0.39, 0.29) is 0 Å². The average molecular weight is 371 g/mol. The number of hydrogen-bond donors (Lipinski definition) is 2. The monoisotopic (exact) mass is 371 g/mol. The summed E-state index contributed by atoms with van der Waals surface area (Å²) in [4.78, 5) is 20.6. The van der Waals surface area contributed by atoms with Crippen LogP contribution >= 0.6 is 0 Å². The second kappa shape index (κ2) is 8.52. The lowest BCUT2D eigenvalue weighted by molar-refractivity contribution is -0.143. The lowest BCUT2D eigenvalue weighted by Crippen LogP contribution is -2.33. The normalized spacial score (nSPS) is 15.9. The smallest absolute Gasteiger partial charge is 0.325 e. The van der Waals surface area contributed by atoms with Gasteiger partial charge in [-0.05, 0) is 63.8 Å². The zero-order valence-electron chi connectivity index (χ0n) is 16.4. The number of nitrogens with one attached hydrogen (secondary N) is 1. The minimum Gasteiger partial charge on any atom is -0.480 e. The molecule has 2 aromatic rings. The first-order valence-electron chi connectivity index (χ1n) is 9.61. The fraction of sp³-hybridized carbons (Fsp3) is 0.550. The third-order valence-electron chi connectivity index (χ3n) is 5.44. The van der Waals surface area contributed by atoms with Gasteiger partial charge in [0.1, 0.15) is 11.9 Å². The molecular weight excluding hydrogens is 342 g/mol. The minimum atomic E-state index is -0.856. The van der Waals surface area contributed by atoms with Gasteiger partial charge in [0.15, 0.2) is 0 Å². The number of piperidine rings is 1. The first-order chi connectivity index (χ1) is 13.0. The van der Waals surface area contributed by atoms with Crippen molar-refractivity contribution in [1.82, 2.24) is 20.1 Å². The fourth-order valence-corrected chi connectivity index (χ4v) is 3.81. The highest BCUT2D eigenvalue weighted by molar-refractivity contribution is 5.75. The topological polar surface area (TPSA) is 85.3 Å². The van der Waals surface area contributed by atoms with E-state index >= 15 is 0 Å². The molecule has 3 heterocycles. The largest absolute Gasteiger partial charge is 0.480 e. The van der Waals surface area contributed by atoms with Crippen molar-refractivity contribution in [2.75, 3.05) is 31.6 Å². The van der Waals surface area contributed by atoms with Gasteiger partial charge in [0.25, 0.3) is 0 Å². The minimum absolute atomic E-state index is 0.631. The molecule has 2 aromatic heterocycles. The first-order valence-corrected chi connectivity index (χ1v) is 9.61. The predicted octanol–water partition coefficient (Wildman–Crippen LogP) is 2.71. The van der Waals surface area contributed by atoms with Gasteiger partial charge in [0, 0.05) is 31.5 Å². The molecular formula is C20H29N5O2. The van der Waals surface area contributed by atoms with Crippen LogP contribution in [-0.4, -0.2) is 57.8 Å². The number of rotatable bonds is 7. The summed E-state index contributed by atoms with van der Waals surface area (Å²) >= 11 is 0. The zero-order valence-corrected chi connectivity index (χ0v) is 16.4. The van der Waals surface area contributed by atoms with Crippen LogP contribution in [0.4, 0.5) is 5.82 Å². The van der Waals surface area contributed by atoms with Crippen LogP contribution in [0.25, 0.3) is 0 Å². The van der Waals surface area contributed by atoms with Crippen LogP contribution in [0.5, 0.6) is 0 Å². The van der Waals surface area contributed by atoms with Crippen LogP contribution in [0.1, 0.15) is 47.8 Å². The van der Waals surface area contributed by atoms with Gasteiger partial charge < -0.3 is 10.0 Å². The highest BCUT2D eigenvalue weighted by Crippen LogP contribution is 2.23. The zero-order chi connectivity index (χ0) is 19.4. The molecule has 0 amide bonds. The van der Waals surface area contributed by atoms with Gasteiger partial charge >= 0.3 is 5.97 Å². The van der Waals surface area contributed by atoms with E-state index in [0.29, 0.717) is 12.1 Å². The van der Waals surface area contributed by atoms with E-state index in [1.54, 1.807) is 6.20 Å². The van der Waals surface area contributed by atoms with Crippen molar-refractivity contribution >= 4 is 11.8 Å². The van der Waals surface area contributed by atoms with Crippen molar-refractivity contribution in [2.24, 2.45) is 0 Å². The molecule has 1 atom stereocenters. The fourth-order valence-electron chi connectivity index (χ4n) is 3.81. The number of aromatic nitrogens is 3. The lowest BCUT2D eigenvalue weighted by atomic mass is 10.1. The van der Waals surface area contributed by atoms with E-state index in [9.17, 15) is 9.90 Å². The van der Waals surface area contributed by atoms with Crippen molar-refractivity contribution < 1.29 is 9.90 Å². The quantitative estimate of drug-likeness (QED) is 0.778. The Hall–Kier alpha value is -2.41. The molecule has 7 heteroatoms. The molecule has 1 unspecified atom stereocenters. The van der Waals surface area contributed by atoms with Crippen molar-refractivity contribution in [3.8, 4) is 0 Å². The molecule has 1 fully saturated rings. The number of carboxylic acid groups (broad SMARTS) is 1. The maximum atomic E-state index is 11.9. The summed E-state index contributed by atoms with van der Waals surface area (Å²) in [6, 6.07) is 3.15. The molecule has 1 aliphatic rings. The molecule has 0 aliphatic carbocycles. The van der Waals surface area contributed by atoms with E-state index in [4.69, 9.17) is 0 Å². The number of anilines is 1. The number of aromatic amines is 1. The van der Waals surface area contributed by atoms with Gasteiger partial charge in [-0.2, -0.15) is 5.10 Å². The van der Waals surface area contributed by atoms with Gasteiger partial charge in [-0.3, -0.25) is 14.8 Å². The number of pyridine rings is 1. The Morgan fingerprint density at radius 2 is 2.04 bits per heavy atom. The van der Waals surface area contributed by atoms with E-state index in [1.807, 2.05) is 37.9 Å². The van der Waals surface area contributed by atoms with E-state index < -0.39 is 12.0 Å². The second-order valence-corrected chi connectivity index (χ2v) is 7.38. The number of carbonyl (C=O) groups is 1. The average Bonchev–Trinajstić information content (AvgIpc) is 2.99. The number of aliphatic carboxylic acids is 1. The maximum Gasteiger partial charge on any atom is 0.325 e. The van der Waals surface area contributed by atoms with Crippen LogP contribution in [0.15, 0.2) is 18.3 Å². The second-order valence-electron chi connectivity index (χ2n) is 7.38. The summed E-state index contributed by atoms with van der Waals surface area (Å²) in [5, 5.41) is 17.0. The highest BCUT2D eigenvalue weighted by Gasteiger charge is 2.25. The molecule has 7 nitrogen and oxygen atoms in total. The van der Waals surface area contributed by atoms with E-state index in [0.717, 1.165) is 42.3 Å². The molecule has 27 heavy (non-hydrogen) atoms. The molecule has 0 radical (unpaired) electrons. The number of carboxylic acids is 1. The Bertz CT molecular complexity index is 746. The molecule has 2 N–H and O–H groups in total. The molecule has 3 rings (SSSR count). The number of hydrogen-bond acceptors (Lipinski definition) is 5. The van der Waals surface area contributed by atoms with Gasteiger partial charge in [-0.1, -0.05) is 6.07 Å². The third kappa shape index (κ3) is 4.47. The Labute approximate surface area is 160 Å². The SMILES string of the molecule is Cc1n[nH]c(C)c1CCN(C)C(C(=O)O)c1ccc(N2CCCCC2)nc1. The first kappa shape index (κ1) is 19.4. The predicted molar refractivity (Wildman–Crippen MR) is 105 cm³/mol. The summed E-state index contributed by atoms with van der Waals surface area (Å²) in [5.74, 6) is 0.0838. The molecule has 146 valence electrons. The number of likely N-dealkylation sites (N-methyl/N-ethyl adjacent to an activating group) is 1.